The monoisotopic (exact) mass is 283 g/mol. The molecule has 0 amide bonds. The van der Waals surface area contributed by atoms with Crippen molar-refractivity contribution in [2.24, 2.45) is 0 Å². The number of hydrogen-bond acceptors (Lipinski definition) is 5. The minimum atomic E-state index is -1.23. The fraction of sp³-hybridized carbons (Fsp3) is 0.500. The van der Waals surface area contributed by atoms with Gasteiger partial charge in [0.15, 0.2) is 6.10 Å². The summed E-state index contributed by atoms with van der Waals surface area (Å²) in [6.07, 6.45) is 0.602. The summed E-state index contributed by atoms with van der Waals surface area (Å²) in [7, 11) is 3.44. The van der Waals surface area contributed by atoms with Gasteiger partial charge in [-0.1, -0.05) is 0 Å². The van der Waals surface area contributed by atoms with Crippen LogP contribution in [0.15, 0.2) is 17.3 Å². The second kappa shape index (κ2) is 5.33. The first kappa shape index (κ1) is 14.7. The summed E-state index contributed by atoms with van der Waals surface area (Å²) >= 11 is 0. The Balaban J connectivity index is 2.32. The first-order valence-corrected chi connectivity index (χ1v) is 6.20. The van der Waals surface area contributed by atoms with E-state index in [9.17, 15) is 15.0 Å². The van der Waals surface area contributed by atoms with E-state index in [1.54, 1.807) is 20.3 Å². The van der Waals surface area contributed by atoms with Crippen molar-refractivity contribution in [3.05, 3.63) is 28.4 Å². The third kappa shape index (κ3) is 2.59. The molecule has 0 spiro atoms. The molecule has 2 rings (SSSR count). The molecule has 0 fully saturated rings. The van der Waals surface area contributed by atoms with Crippen LogP contribution < -0.4 is 5.56 Å². The van der Waals surface area contributed by atoms with Crippen LogP contribution in [0.25, 0.3) is 11.0 Å². The van der Waals surface area contributed by atoms with Crippen LogP contribution in [0.4, 0.5) is 0 Å². The third-order valence-corrected chi connectivity index (χ3v) is 3.37. The number of H-pyrrole nitrogens is 2. The molecule has 0 unspecified atom stereocenters. The second-order valence-corrected chi connectivity index (χ2v) is 5.37. The smallest absolute Gasteiger partial charge is 0.275 e. The highest BCUT2D eigenvalue weighted by molar-refractivity contribution is 5.77. The van der Waals surface area contributed by atoms with E-state index in [1.165, 1.54) is 6.33 Å². The van der Waals surface area contributed by atoms with Crippen molar-refractivity contribution >= 4 is 11.0 Å². The van der Waals surface area contributed by atoms with Gasteiger partial charge in [-0.3, -0.25) is 9.28 Å². The Morgan fingerprint density at radius 2 is 2.05 bits per heavy atom. The van der Waals surface area contributed by atoms with Gasteiger partial charge in [-0.2, -0.15) is 0 Å². The molecular formula is C12H19N4O4+. The van der Waals surface area contributed by atoms with E-state index in [1.807, 2.05) is 0 Å². The minimum absolute atomic E-state index is 0.0309. The van der Waals surface area contributed by atoms with Gasteiger partial charge in [0, 0.05) is 6.20 Å². The van der Waals surface area contributed by atoms with E-state index < -0.39 is 18.9 Å². The first-order valence-electron chi connectivity index (χ1n) is 6.20. The molecular weight excluding hydrogens is 264 g/mol. The van der Waals surface area contributed by atoms with Gasteiger partial charge < -0.3 is 25.3 Å². The van der Waals surface area contributed by atoms with Crippen LogP contribution >= 0.6 is 0 Å². The standard InChI is InChI=1S/C12H18N4O4/c1-16(2,12(20)8(18)5-17)4-7-3-13-10-9(7)14-6-15-11(10)19/h3,6,8,12,17-18,20H,4-5H2,1-2H3,(H-,13,14,15,19)/p+1/t8-,12-/m1/s1. The summed E-state index contributed by atoms with van der Waals surface area (Å²) in [5.41, 5.74) is 1.40. The van der Waals surface area contributed by atoms with Crippen LogP contribution in [0.1, 0.15) is 5.56 Å². The molecule has 2 atom stereocenters. The van der Waals surface area contributed by atoms with Crippen LogP contribution in [-0.4, -0.2) is 67.8 Å². The van der Waals surface area contributed by atoms with Crippen molar-refractivity contribution in [1.29, 1.82) is 0 Å². The average molecular weight is 283 g/mol. The van der Waals surface area contributed by atoms with Crippen molar-refractivity contribution in [1.82, 2.24) is 15.0 Å². The number of aliphatic hydroxyl groups is 3. The Labute approximate surface area is 114 Å². The fourth-order valence-electron chi connectivity index (χ4n) is 2.22. The maximum absolute atomic E-state index is 11.6. The summed E-state index contributed by atoms with van der Waals surface area (Å²) < 4.78 is 0.0309. The lowest BCUT2D eigenvalue weighted by Crippen LogP contribution is -2.54. The molecule has 110 valence electrons. The van der Waals surface area contributed by atoms with Crippen LogP contribution in [0.2, 0.25) is 0 Å². The van der Waals surface area contributed by atoms with Gasteiger partial charge in [-0.15, -0.1) is 0 Å². The highest BCUT2D eigenvalue weighted by Gasteiger charge is 2.33. The number of quaternary nitrogens is 1. The molecule has 0 saturated heterocycles. The topological polar surface area (TPSA) is 122 Å². The molecule has 0 saturated carbocycles. The Morgan fingerprint density at radius 3 is 2.70 bits per heavy atom. The van der Waals surface area contributed by atoms with Gasteiger partial charge in [0.25, 0.3) is 5.56 Å². The zero-order chi connectivity index (χ0) is 14.9. The van der Waals surface area contributed by atoms with Crippen molar-refractivity contribution < 1.29 is 19.8 Å². The molecule has 0 aliphatic heterocycles. The van der Waals surface area contributed by atoms with E-state index in [4.69, 9.17) is 5.11 Å². The van der Waals surface area contributed by atoms with Gasteiger partial charge in [0.05, 0.1) is 32.6 Å². The number of aliphatic hydroxyl groups excluding tert-OH is 3. The number of nitrogens with one attached hydrogen (secondary N) is 2. The molecule has 5 N–H and O–H groups in total. The highest BCUT2D eigenvalue weighted by Crippen LogP contribution is 2.19. The lowest BCUT2D eigenvalue weighted by atomic mass is 10.2. The molecule has 0 aromatic carbocycles. The van der Waals surface area contributed by atoms with E-state index in [2.05, 4.69) is 15.0 Å². The zero-order valence-corrected chi connectivity index (χ0v) is 11.4. The van der Waals surface area contributed by atoms with Gasteiger partial charge in [0.2, 0.25) is 6.23 Å². The number of rotatable bonds is 5. The highest BCUT2D eigenvalue weighted by atomic mass is 16.4. The average Bonchev–Trinajstić information content (AvgIpc) is 2.81. The number of fused-ring (bicyclic) bond motifs is 1. The van der Waals surface area contributed by atoms with Crippen LogP contribution in [-0.2, 0) is 6.54 Å². The number of hydrogen-bond donors (Lipinski definition) is 5. The maximum atomic E-state index is 11.6. The molecule has 2 aromatic heterocycles. The lowest BCUT2D eigenvalue weighted by Gasteiger charge is -2.36. The Morgan fingerprint density at radius 1 is 1.35 bits per heavy atom. The van der Waals surface area contributed by atoms with Crippen LogP contribution in [0, 0.1) is 0 Å². The largest absolute Gasteiger partial charge is 0.393 e. The normalized spacial score (nSPS) is 15.4. The zero-order valence-electron chi connectivity index (χ0n) is 11.4. The first-order chi connectivity index (χ1) is 9.36. The van der Waals surface area contributed by atoms with Crippen molar-refractivity contribution in [2.75, 3.05) is 20.7 Å². The molecule has 2 heterocycles. The van der Waals surface area contributed by atoms with Gasteiger partial charge >= 0.3 is 0 Å². The third-order valence-electron chi connectivity index (χ3n) is 3.37. The van der Waals surface area contributed by atoms with E-state index >= 15 is 0 Å². The summed E-state index contributed by atoms with van der Waals surface area (Å²) in [6.45, 7) is -0.177. The Hall–Kier alpha value is -1.74. The molecule has 20 heavy (non-hydrogen) atoms. The molecule has 0 radical (unpaired) electrons. The summed E-state index contributed by atoms with van der Waals surface area (Å²) in [5, 5.41) is 28.5. The molecule has 8 nitrogen and oxygen atoms in total. The number of aromatic nitrogens is 3. The summed E-state index contributed by atoms with van der Waals surface area (Å²) in [4.78, 5) is 21.0. The van der Waals surface area contributed by atoms with Crippen molar-refractivity contribution in [2.45, 2.75) is 18.9 Å². The summed E-state index contributed by atoms with van der Waals surface area (Å²) in [5.74, 6) is 0. The summed E-state index contributed by atoms with van der Waals surface area (Å²) in [6, 6.07) is 0. The number of likely N-dealkylation sites (N-methyl/N-ethyl adjacent to an activating group) is 1. The van der Waals surface area contributed by atoms with E-state index in [-0.39, 0.29) is 10.0 Å². The Kier molecular flexibility index (Phi) is 3.91. The molecule has 0 aliphatic rings. The quantitative estimate of drug-likeness (QED) is 0.338. The lowest BCUT2D eigenvalue weighted by molar-refractivity contribution is -0.952. The molecule has 8 heteroatoms. The number of nitrogens with zero attached hydrogens (tertiary/aromatic N) is 2. The molecule has 0 bridgehead atoms. The van der Waals surface area contributed by atoms with E-state index in [0.717, 1.165) is 5.56 Å². The van der Waals surface area contributed by atoms with Gasteiger partial charge in [-0.25, -0.2) is 4.98 Å². The van der Waals surface area contributed by atoms with Crippen molar-refractivity contribution in [3.8, 4) is 0 Å². The predicted molar refractivity (Wildman–Crippen MR) is 71.6 cm³/mol. The number of aromatic amines is 2. The molecule has 0 aliphatic carbocycles. The second-order valence-electron chi connectivity index (χ2n) is 5.37. The maximum Gasteiger partial charge on any atom is 0.275 e. The SMILES string of the molecule is C[N+](C)(Cc1c[nH]c2c(=O)[nH]cnc12)[C@H](O)[C@H](O)CO. The minimum Gasteiger partial charge on any atom is -0.393 e. The van der Waals surface area contributed by atoms with Crippen LogP contribution in [0.5, 0.6) is 0 Å². The van der Waals surface area contributed by atoms with Gasteiger partial charge in [-0.05, 0) is 0 Å². The molecule has 2 aromatic rings. The van der Waals surface area contributed by atoms with Crippen molar-refractivity contribution in [3.63, 3.8) is 0 Å². The van der Waals surface area contributed by atoms with Gasteiger partial charge in [0.1, 0.15) is 17.6 Å². The Bertz CT molecular complexity index is 648. The predicted octanol–water partition coefficient (Wildman–Crippen LogP) is -1.50. The van der Waals surface area contributed by atoms with E-state index in [0.29, 0.717) is 17.6 Å². The van der Waals surface area contributed by atoms with Crippen LogP contribution in [0.3, 0.4) is 0 Å². The fourth-order valence-corrected chi connectivity index (χ4v) is 2.22.